The van der Waals surface area contributed by atoms with Crippen molar-refractivity contribution >= 4 is 15.9 Å². The van der Waals surface area contributed by atoms with Crippen LogP contribution in [0.4, 0.5) is 13.2 Å². The molecule has 2 nitrogen and oxygen atoms in total. The fourth-order valence-electron chi connectivity index (χ4n) is 2.13. The highest BCUT2D eigenvalue weighted by atomic mass is 79.9. The van der Waals surface area contributed by atoms with E-state index in [4.69, 9.17) is 4.74 Å². The van der Waals surface area contributed by atoms with Gasteiger partial charge in [-0.2, -0.15) is 0 Å². The normalized spacial score (nSPS) is 12.3. The molecule has 0 aromatic heterocycles. The Hall–Kier alpha value is -1.53. The van der Waals surface area contributed by atoms with Crippen molar-refractivity contribution in [2.45, 2.75) is 6.04 Å². The zero-order valence-electron chi connectivity index (χ0n) is 11.4. The van der Waals surface area contributed by atoms with Crippen LogP contribution >= 0.6 is 15.9 Å². The van der Waals surface area contributed by atoms with Crippen LogP contribution in [-0.4, -0.2) is 14.2 Å². The molecule has 0 aliphatic rings. The van der Waals surface area contributed by atoms with E-state index >= 15 is 0 Å². The summed E-state index contributed by atoms with van der Waals surface area (Å²) in [5.41, 5.74) is -0.106. The third kappa shape index (κ3) is 3.06. The Bertz CT molecular complexity index is 664. The van der Waals surface area contributed by atoms with Gasteiger partial charge in [0.25, 0.3) is 0 Å². The first-order valence-corrected chi connectivity index (χ1v) is 6.93. The lowest BCUT2D eigenvalue weighted by Crippen LogP contribution is -2.22. The minimum absolute atomic E-state index is 0.119. The summed E-state index contributed by atoms with van der Waals surface area (Å²) < 4.78 is 47.4. The molecule has 0 amide bonds. The van der Waals surface area contributed by atoms with Gasteiger partial charge in [0.15, 0.2) is 0 Å². The molecule has 21 heavy (non-hydrogen) atoms. The highest BCUT2D eigenvalue weighted by Gasteiger charge is 2.24. The van der Waals surface area contributed by atoms with E-state index in [9.17, 15) is 13.2 Å². The van der Waals surface area contributed by atoms with Crippen molar-refractivity contribution in [3.8, 4) is 5.75 Å². The fraction of sp³-hybridized carbons (Fsp3) is 0.200. The lowest BCUT2D eigenvalue weighted by atomic mass is 9.97. The zero-order valence-corrected chi connectivity index (χ0v) is 13.0. The van der Waals surface area contributed by atoms with Crippen molar-refractivity contribution in [1.29, 1.82) is 0 Å². The standard InChI is InChI=1S/C15H13BrF3NO/c1-20-15(9-4-3-8(21-2)7-12(9)18)13-11(17)6-5-10(16)14(13)19/h3-7,15,20H,1-2H3. The summed E-state index contributed by atoms with van der Waals surface area (Å²) in [5, 5.41) is 2.74. The predicted molar refractivity (Wildman–Crippen MR) is 77.9 cm³/mol. The van der Waals surface area contributed by atoms with E-state index in [1.807, 2.05) is 0 Å². The van der Waals surface area contributed by atoms with E-state index in [0.29, 0.717) is 5.75 Å². The molecule has 0 saturated carbocycles. The van der Waals surface area contributed by atoms with Crippen LogP contribution in [0.15, 0.2) is 34.8 Å². The summed E-state index contributed by atoms with van der Waals surface area (Å²) in [6.45, 7) is 0. The maximum atomic E-state index is 14.2. The van der Waals surface area contributed by atoms with Gasteiger partial charge in [-0.1, -0.05) is 6.07 Å². The average Bonchev–Trinajstić information content (AvgIpc) is 2.48. The van der Waals surface area contributed by atoms with Gasteiger partial charge in [0.05, 0.1) is 17.6 Å². The van der Waals surface area contributed by atoms with Crippen molar-refractivity contribution in [2.75, 3.05) is 14.2 Å². The molecule has 0 aliphatic carbocycles. The minimum Gasteiger partial charge on any atom is -0.497 e. The Morgan fingerprint density at radius 1 is 1.10 bits per heavy atom. The number of hydrogen-bond acceptors (Lipinski definition) is 2. The summed E-state index contributed by atoms with van der Waals surface area (Å²) in [5.74, 6) is -1.77. The zero-order chi connectivity index (χ0) is 15.6. The molecule has 0 heterocycles. The molecule has 2 rings (SSSR count). The molecule has 112 valence electrons. The SMILES string of the molecule is CNC(c1ccc(OC)cc1F)c1c(F)ccc(Br)c1F. The quantitative estimate of drug-likeness (QED) is 0.826. The van der Waals surface area contributed by atoms with Crippen LogP contribution in [0.25, 0.3) is 0 Å². The van der Waals surface area contributed by atoms with Gasteiger partial charge in [0.2, 0.25) is 0 Å². The Morgan fingerprint density at radius 2 is 1.81 bits per heavy atom. The Balaban J connectivity index is 2.58. The Morgan fingerprint density at radius 3 is 2.38 bits per heavy atom. The number of nitrogens with one attached hydrogen (secondary N) is 1. The van der Waals surface area contributed by atoms with Crippen LogP contribution in [0.1, 0.15) is 17.2 Å². The highest BCUT2D eigenvalue weighted by Crippen LogP contribution is 2.32. The molecule has 2 aromatic carbocycles. The van der Waals surface area contributed by atoms with Crippen LogP contribution in [0, 0.1) is 17.5 Å². The van der Waals surface area contributed by atoms with Gasteiger partial charge in [-0.25, -0.2) is 13.2 Å². The second-order valence-electron chi connectivity index (χ2n) is 4.37. The van der Waals surface area contributed by atoms with Gasteiger partial charge in [-0.15, -0.1) is 0 Å². The molecule has 1 unspecified atom stereocenters. The van der Waals surface area contributed by atoms with Crippen molar-refractivity contribution in [2.24, 2.45) is 0 Å². The first-order valence-electron chi connectivity index (χ1n) is 6.13. The maximum absolute atomic E-state index is 14.2. The van der Waals surface area contributed by atoms with E-state index < -0.39 is 23.5 Å². The number of ether oxygens (including phenoxy) is 1. The second-order valence-corrected chi connectivity index (χ2v) is 5.22. The summed E-state index contributed by atoms with van der Waals surface area (Å²) in [6.07, 6.45) is 0. The van der Waals surface area contributed by atoms with E-state index in [-0.39, 0.29) is 15.6 Å². The molecule has 0 radical (unpaired) electrons. The summed E-state index contributed by atoms with van der Waals surface area (Å²) in [4.78, 5) is 0. The Kier molecular flexibility index (Phi) is 4.90. The number of benzene rings is 2. The van der Waals surface area contributed by atoms with E-state index in [1.54, 1.807) is 0 Å². The molecule has 6 heteroatoms. The predicted octanol–water partition coefficient (Wildman–Crippen LogP) is 4.18. The third-order valence-corrected chi connectivity index (χ3v) is 3.79. The van der Waals surface area contributed by atoms with E-state index in [0.717, 1.165) is 6.07 Å². The van der Waals surface area contributed by atoms with Crippen molar-refractivity contribution in [3.63, 3.8) is 0 Å². The largest absolute Gasteiger partial charge is 0.497 e. The maximum Gasteiger partial charge on any atom is 0.145 e. The molecule has 0 aliphatic heterocycles. The number of methoxy groups -OCH3 is 1. The van der Waals surface area contributed by atoms with Gasteiger partial charge in [0, 0.05) is 17.2 Å². The Labute approximate surface area is 129 Å². The van der Waals surface area contributed by atoms with E-state index in [1.165, 1.54) is 38.4 Å². The first-order chi connectivity index (χ1) is 9.99. The fourth-order valence-corrected chi connectivity index (χ4v) is 2.48. The van der Waals surface area contributed by atoms with Crippen LogP contribution < -0.4 is 10.1 Å². The van der Waals surface area contributed by atoms with Gasteiger partial charge in [-0.3, -0.25) is 0 Å². The topological polar surface area (TPSA) is 21.3 Å². The van der Waals surface area contributed by atoms with Crippen molar-refractivity contribution in [3.05, 3.63) is 63.4 Å². The minimum atomic E-state index is -0.951. The lowest BCUT2D eigenvalue weighted by Gasteiger charge is -2.20. The number of halogens is 4. The molecule has 0 bridgehead atoms. The van der Waals surface area contributed by atoms with Gasteiger partial charge >= 0.3 is 0 Å². The van der Waals surface area contributed by atoms with Crippen molar-refractivity contribution < 1.29 is 17.9 Å². The molecule has 0 fully saturated rings. The van der Waals surface area contributed by atoms with Gasteiger partial charge in [-0.05, 0) is 41.2 Å². The summed E-state index contributed by atoms with van der Waals surface area (Å²) in [6, 6.07) is 5.60. The van der Waals surface area contributed by atoms with Crippen LogP contribution in [0.2, 0.25) is 0 Å². The van der Waals surface area contributed by atoms with Crippen molar-refractivity contribution in [1.82, 2.24) is 5.32 Å². The van der Waals surface area contributed by atoms with Gasteiger partial charge in [0.1, 0.15) is 23.2 Å². The number of rotatable bonds is 4. The third-order valence-electron chi connectivity index (χ3n) is 3.18. The molecular formula is C15H13BrF3NO. The molecule has 1 atom stereocenters. The second kappa shape index (κ2) is 6.49. The molecule has 1 N–H and O–H groups in total. The van der Waals surface area contributed by atoms with Crippen LogP contribution in [0.3, 0.4) is 0 Å². The van der Waals surface area contributed by atoms with Crippen LogP contribution in [0.5, 0.6) is 5.75 Å². The highest BCUT2D eigenvalue weighted by molar-refractivity contribution is 9.10. The molecule has 2 aromatic rings. The smallest absolute Gasteiger partial charge is 0.145 e. The summed E-state index contributed by atoms with van der Waals surface area (Å²) in [7, 11) is 2.92. The number of hydrogen-bond donors (Lipinski definition) is 1. The van der Waals surface area contributed by atoms with E-state index in [2.05, 4.69) is 21.2 Å². The molecular weight excluding hydrogens is 347 g/mol. The lowest BCUT2D eigenvalue weighted by molar-refractivity contribution is 0.410. The first kappa shape index (κ1) is 15.9. The van der Waals surface area contributed by atoms with Crippen LogP contribution in [-0.2, 0) is 0 Å². The summed E-state index contributed by atoms with van der Waals surface area (Å²) >= 11 is 3.01. The van der Waals surface area contributed by atoms with Gasteiger partial charge < -0.3 is 10.1 Å². The molecule has 0 saturated heterocycles. The average molecular weight is 360 g/mol. The molecule has 0 spiro atoms. The monoisotopic (exact) mass is 359 g/mol.